The van der Waals surface area contributed by atoms with Gasteiger partial charge in [-0.15, -0.1) is 0 Å². The highest BCUT2D eigenvalue weighted by molar-refractivity contribution is 7.70. The maximum atomic E-state index is 13.0. The first-order valence-corrected chi connectivity index (χ1v) is 12.6. The third kappa shape index (κ3) is 5.85. The lowest BCUT2D eigenvalue weighted by molar-refractivity contribution is 0.0514. The Morgan fingerprint density at radius 1 is 1.16 bits per heavy atom. The first kappa shape index (κ1) is 23.3. The highest BCUT2D eigenvalue weighted by atomic mass is 35.5. The summed E-state index contributed by atoms with van der Waals surface area (Å²) in [6.07, 6.45) is 3.92. The minimum atomic E-state index is -2.71. The molecule has 0 aliphatic rings. The van der Waals surface area contributed by atoms with Crippen molar-refractivity contribution < 1.29 is 14.1 Å². The minimum absolute atomic E-state index is 0.0378. The maximum Gasteiger partial charge on any atom is 0.435 e. The maximum absolute atomic E-state index is 13.0. The van der Waals surface area contributed by atoms with E-state index in [2.05, 4.69) is 20.4 Å². The molecule has 0 saturated heterocycles. The number of anilines is 2. The van der Waals surface area contributed by atoms with Crippen LogP contribution in [-0.4, -0.2) is 44.8 Å². The number of nitrogens with zero attached hydrogens (tertiary/aromatic N) is 4. The summed E-state index contributed by atoms with van der Waals surface area (Å²) in [6.45, 7) is 8.67. The Kier molecular flexibility index (Phi) is 6.46. The van der Waals surface area contributed by atoms with E-state index < -0.39 is 18.8 Å². The van der Waals surface area contributed by atoms with E-state index in [4.69, 9.17) is 27.9 Å². The van der Waals surface area contributed by atoms with Crippen LogP contribution in [0.3, 0.4) is 0 Å². The van der Waals surface area contributed by atoms with Crippen LogP contribution in [0.2, 0.25) is 10.3 Å². The number of carbonyl (C=O) groups excluding carboxylic acids is 1. The van der Waals surface area contributed by atoms with Gasteiger partial charge in [0.05, 0.1) is 18.1 Å². The lowest BCUT2D eigenvalue weighted by Crippen LogP contribution is -2.27. The van der Waals surface area contributed by atoms with Gasteiger partial charge in [0.2, 0.25) is 5.28 Å². The van der Waals surface area contributed by atoms with Crippen molar-refractivity contribution in [2.24, 2.45) is 0 Å². The first-order valence-electron chi connectivity index (χ1n) is 9.26. The fraction of sp³-hybridized carbons (Fsp3) is 0.300. The molecule has 1 aromatic carbocycles. The summed E-state index contributed by atoms with van der Waals surface area (Å²) >= 11 is 12.0. The zero-order valence-corrected chi connectivity index (χ0v) is 20.1. The summed E-state index contributed by atoms with van der Waals surface area (Å²) in [4.78, 5) is 20.1. The topological polar surface area (TPSA) is 99.0 Å². The van der Waals surface area contributed by atoms with E-state index in [-0.39, 0.29) is 10.3 Å². The number of aromatic nitrogens is 4. The van der Waals surface area contributed by atoms with Crippen LogP contribution >= 0.6 is 30.3 Å². The zero-order chi connectivity index (χ0) is 23.0. The predicted molar refractivity (Wildman–Crippen MR) is 124 cm³/mol. The SMILES string of the molecule is CC(C)(C)OC(=O)n1cc(-c2ccc(Nc3nc(Cl)ncc3Cl)c(P(C)(C)=O)c2)cn1. The molecule has 0 saturated carbocycles. The van der Waals surface area contributed by atoms with Crippen molar-refractivity contribution in [3.63, 3.8) is 0 Å². The monoisotopic (exact) mass is 481 g/mol. The number of ether oxygens (including phenoxy) is 1. The number of nitrogens with one attached hydrogen (secondary N) is 1. The molecule has 0 fully saturated rings. The van der Waals surface area contributed by atoms with Gasteiger partial charge in [0.25, 0.3) is 0 Å². The van der Waals surface area contributed by atoms with E-state index in [9.17, 15) is 9.36 Å². The van der Waals surface area contributed by atoms with Gasteiger partial charge in [0.1, 0.15) is 17.8 Å². The lowest BCUT2D eigenvalue weighted by atomic mass is 10.1. The molecule has 8 nitrogen and oxygen atoms in total. The minimum Gasteiger partial charge on any atom is -0.442 e. The van der Waals surface area contributed by atoms with Crippen LogP contribution in [0.5, 0.6) is 0 Å². The van der Waals surface area contributed by atoms with Gasteiger partial charge >= 0.3 is 6.09 Å². The van der Waals surface area contributed by atoms with Gasteiger partial charge < -0.3 is 14.6 Å². The number of hydrogen-bond acceptors (Lipinski definition) is 7. The van der Waals surface area contributed by atoms with E-state index in [0.29, 0.717) is 22.4 Å². The van der Waals surface area contributed by atoms with Gasteiger partial charge in [-0.2, -0.15) is 14.8 Å². The van der Waals surface area contributed by atoms with Gasteiger partial charge in [0.15, 0.2) is 5.82 Å². The lowest BCUT2D eigenvalue weighted by Gasteiger charge is -2.18. The van der Waals surface area contributed by atoms with Crippen molar-refractivity contribution in [2.45, 2.75) is 26.4 Å². The molecule has 11 heteroatoms. The predicted octanol–water partition coefficient (Wildman–Crippen LogP) is 5.42. The molecule has 31 heavy (non-hydrogen) atoms. The van der Waals surface area contributed by atoms with Crippen LogP contribution in [0.15, 0.2) is 36.8 Å². The molecule has 0 aliphatic carbocycles. The molecule has 2 heterocycles. The van der Waals surface area contributed by atoms with Gasteiger partial charge in [0, 0.05) is 17.1 Å². The summed E-state index contributed by atoms with van der Waals surface area (Å²) in [7, 11) is -2.71. The van der Waals surface area contributed by atoms with Crippen molar-refractivity contribution >= 4 is 53.2 Å². The Labute approximate surface area is 190 Å². The highest BCUT2D eigenvalue weighted by Crippen LogP contribution is 2.40. The first-order chi connectivity index (χ1) is 14.3. The molecule has 1 N–H and O–H groups in total. The molecule has 3 rings (SSSR count). The molecule has 0 radical (unpaired) electrons. The zero-order valence-electron chi connectivity index (χ0n) is 17.7. The van der Waals surface area contributed by atoms with Crippen LogP contribution in [-0.2, 0) is 9.30 Å². The number of benzene rings is 1. The van der Waals surface area contributed by atoms with Gasteiger partial charge in [-0.1, -0.05) is 17.7 Å². The summed E-state index contributed by atoms with van der Waals surface area (Å²) in [5.41, 5.74) is 1.36. The molecule has 2 aromatic heterocycles. The number of carbonyl (C=O) groups is 1. The highest BCUT2D eigenvalue weighted by Gasteiger charge is 2.21. The Morgan fingerprint density at radius 3 is 2.52 bits per heavy atom. The van der Waals surface area contributed by atoms with E-state index in [1.807, 2.05) is 6.07 Å². The average Bonchev–Trinajstić information content (AvgIpc) is 3.13. The third-order valence-electron chi connectivity index (χ3n) is 4.04. The third-order valence-corrected chi connectivity index (χ3v) is 6.03. The molecular formula is C20H22Cl2N5O3P. The van der Waals surface area contributed by atoms with Gasteiger partial charge in [-0.3, -0.25) is 0 Å². The Hall–Kier alpha value is -2.41. The summed E-state index contributed by atoms with van der Waals surface area (Å²) in [5, 5.41) is 8.07. The Bertz CT molecular complexity index is 1180. The molecule has 0 bridgehead atoms. The second-order valence-electron chi connectivity index (χ2n) is 8.20. The quantitative estimate of drug-likeness (QED) is 0.392. The average molecular weight is 482 g/mol. The van der Waals surface area contributed by atoms with Crippen molar-refractivity contribution in [3.8, 4) is 11.1 Å². The van der Waals surface area contributed by atoms with E-state index >= 15 is 0 Å². The van der Waals surface area contributed by atoms with Gasteiger partial charge in [-0.25, -0.2) is 9.78 Å². The largest absolute Gasteiger partial charge is 0.442 e. The molecule has 0 spiro atoms. The van der Waals surface area contributed by atoms with Crippen LogP contribution in [0.25, 0.3) is 11.1 Å². The van der Waals surface area contributed by atoms with E-state index in [1.54, 1.807) is 58.6 Å². The molecule has 3 aromatic rings. The molecule has 0 atom stereocenters. The standard InChI is InChI=1S/C20H22Cl2N5O3P/c1-20(2,3)30-19(28)27-11-13(9-24-27)12-6-7-15(16(8-12)31(4,5)29)25-17-14(21)10-23-18(22)26-17/h6-11H,1-5H3,(H,23,25,26). The Morgan fingerprint density at radius 2 is 1.87 bits per heavy atom. The molecular weight excluding hydrogens is 460 g/mol. The van der Waals surface area contributed by atoms with Crippen molar-refractivity contribution in [1.29, 1.82) is 0 Å². The van der Waals surface area contributed by atoms with Crippen molar-refractivity contribution in [2.75, 3.05) is 18.6 Å². The molecule has 0 aliphatic heterocycles. The van der Waals surface area contributed by atoms with Crippen molar-refractivity contribution in [3.05, 3.63) is 47.1 Å². The number of halogens is 2. The fourth-order valence-corrected chi connectivity index (χ4v) is 4.14. The summed E-state index contributed by atoms with van der Waals surface area (Å²) in [6, 6.07) is 5.37. The van der Waals surface area contributed by atoms with Crippen LogP contribution in [0, 0.1) is 0 Å². The normalized spacial score (nSPS) is 12.0. The van der Waals surface area contributed by atoms with E-state index in [0.717, 1.165) is 10.2 Å². The fourth-order valence-electron chi connectivity index (χ4n) is 2.70. The second kappa shape index (κ2) is 8.61. The van der Waals surface area contributed by atoms with E-state index in [1.165, 1.54) is 6.20 Å². The van der Waals surface area contributed by atoms with Crippen LogP contribution in [0.4, 0.5) is 16.3 Å². The second-order valence-corrected chi connectivity index (χ2v) is 12.1. The van der Waals surface area contributed by atoms with Gasteiger partial charge in [-0.05, 0) is 63.4 Å². The Balaban J connectivity index is 1.97. The van der Waals surface area contributed by atoms with Crippen molar-refractivity contribution in [1.82, 2.24) is 19.7 Å². The molecule has 0 unspecified atom stereocenters. The molecule has 0 amide bonds. The van der Waals surface area contributed by atoms with Crippen LogP contribution in [0.1, 0.15) is 20.8 Å². The van der Waals surface area contributed by atoms with Crippen LogP contribution < -0.4 is 10.6 Å². The summed E-state index contributed by atoms with van der Waals surface area (Å²) in [5.74, 6) is 0.307. The number of hydrogen-bond donors (Lipinski definition) is 1. The smallest absolute Gasteiger partial charge is 0.435 e. The number of rotatable bonds is 4. The summed E-state index contributed by atoms with van der Waals surface area (Å²) < 4.78 is 19.5. The molecule has 164 valence electrons.